The number of hydrogen-bond donors (Lipinski definition) is 2. The fourth-order valence-electron chi connectivity index (χ4n) is 3.70. The molecule has 0 unspecified atom stereocenters. The summed E-state index contributed by atoms with van der Waals surface area (Å²) in [5.74, 6) is 4.63. The third kappa shape index (κ3) is 6.99. The van der Waals surface area contributed by atoms with Gasteiger partial charge >= 0.3 is 5.97 Å². The average Bonchev–Trinajstić information content (AvgIpc) is 2.85. The van der Waals surface area contributed by atoms with Crippen LogP contribution < -0.4 is 4.90 Å². The van der Waals surface area contributed by atoms with E-state index in [1.807, 2.05) is 57.2 Å². The molecule has 1 amide bonds. The van der Waals surface area contributed by atoms with E-state index in [2.05, 4.69) is 30.9 Å². The van der Waals surface area contributed by atoms with E-state index in [-0.39, 0.29) is 23.8 Å². The summed E-state index contributed by atoms with van der Waals surface area (Å²) >= 11 is 0. The number of carboxylic acids is 1. The minimum Gasteiger partial charge on any atom is -0.507 e. The molecular formula is C31H33NO4. The Bertz CT molecular complexity index is 1270. The van der Waals surface area contributed by atoms with E-state index in [9.17, 15) is 19.8 Å². The molecule has 0 spiro atoms. The van der Waals surface area contributed by atoms with Gasteiger partial charge in [0.2, 0.25) is 5.91 Å². The average molecular weight is 484 g/mol. The fraction of sp³-hybridized carbons (Fsp3) is 0.290. The zero-order valence-corrected chi connectivity index (χ0v) is 21.3. The van der Waals surface area contributed by atoms with Gasteiger partial charge in [0.15, 0.2) is 0 Å². The van der Waals surface area contributed by atoms with E-state index in [4.69, 9.17) is 0 Å². The van der Waals surface area contributed by atoms with Crippen LogP contribution in [0.4, 0.5) is 5.69 Å². The first-order chi connectivity index (χ1) is 17.1. The van der Waals surface area contributed by atoms with E-state index in [1.54, 1.807) is 11.0 Å². The van der Waals surface area contributed by atoms with Crippen LogP contribution in [0.25, 0.3) is 0 Å². The molecule has 186 valence electrons. The normalized spacial score (nSPS) is 10.9. The minimum atomic E-state index is -1.25. The Labute approximate surface area is 213 Å². The summed E-state index contributed by atoms with van der Waals surface area (Å²) in [7, 11) is 0. The van der Waals surface area contributed by atoms with Crippen LogP contribution in [0.15, 0.2) is 66.7 Å². The Morgan fingerprint density at radius 3 is 1.92 bits per heavy atom. The van der Waals surface area contributed by atoms with Crippen molar-refractivity contribution in [3.63, 3.8) is 0 Å². The molecule has 0 bridgehead atoms. The predicted octanol–water partition coefficient (Wildman–Crippen LogP) is 6.41. The molecule has 0 aliphatic carbocycles. The Hall–Kier alpha value is -4.04. The van der Waals surface area contributed by atoms with Gasteiger partial charge in [-0.3, -0.25) is 4.79 Å². The second-order valence-electron chi connectivity index (χ2n) is 9.90. The van der Waals surface area contributed by atoms with E-state index in [1.165, 1.54) is 30.5 Å². The van der Waals surface area contributed by atoms with Gasteiger partial charge in [0, 0.05) is 22.2 Å². The van der Waals surface area contributed by atoms with Crippen LogP contribution in [0.3, 0.4) is 0 Å². The summed E-state index contributed by atoms with van der Waals surface area (Å²) in [5.41, 5.74) is 3.51. The number of aromatic hydroxyl groups is 1. The standard InChI is InChI=1S/C31H33NO4/c1-5-6-7-22-8-10-23(11-9-22)12-13-24-14-16-25(17-15-24)21-32(30(36)31(2,3)4)26-18-19-28(33)27(20-26)29(34)35/h8-11,14-20,33H,5-7,21H2,1-4H3,(H,34,35). The van der Waals surface area contributed by atoms with Gasteiger partial charge in [-0.1, -0.05) is 70.2 Å². The van der Waals surface area contributed by atoms with Crippen molar-refractivity contribution in [3.05, 3.63) is 94.5 Å². The van der Waals surface area contributed by atoms with Crippen LogP contribution in [-0.4, -0.2) is 22.1 Å². The highest BCUT2D eigenvalue weighted by atomic mass is 16.4. The van der Waals surface area contributed by atoms with Gasteiger partial charge in [0.25, 0.3) is 0 Å². The van der Waals surface area contributed by atoms with Crippen molar-refractivity contribution in [3.8, 4) is 17.6 Å². The number of aryl methyl sites for hydroxylation is 1. The summed E-state index contributed by atoms with van der Waals surface area (Å²) in [4.78, 5) is 26.3. The molecule has 5 heteroatoms. The summed E-state index contributed by atoms with van der Waals surface area (Å²) < 4.78 is 0. The van der Waals surface area contributed by atoms with Crippen LogP contribution >= 0.6 is 0 Å². The summed E-state index contributed by atoms with van der Waals surface area (Å²) in [6, 6.07) is 20.2. The van der Waals surface area contributed by atoms with Crippen molar-refractivity contribution in [1.82, 2.24) is 0 Å². The zero-order valence-electron chi connectivity index (χ0n) is 21.3. The smallest absolute Gasteiger partial charge is 0.339 e. The zero-order chi connectivity index (χ0) is 26.3. The maximum Gasteiger partial charge on any atom is 0.339 e. The number of aromatic carboxylic acids is 1. The molecule has 5 nitrogen and oxygen atoms in total. The number of carboxylic acid groups (broad SMARTS) is 1. The summed E-state index contributed by atoms with van der Waals surface area (Å²) in [6.45, 7) is 7.89. The highest BCUT2D eigenvalue weighted by molar-refractivity contribution is 5.99. The molecule has 3 rings (SSSR count). The molecule has 0 fully saturated rings. The highest BCUT2D eigenvalue weighted by Crippen LogP contribution is 2.29. The van der Waals surface area contributed by atoms with Gasteiger partial charge in [0.05, 0.1) is 6.54 Å². The molecular weight excluding hydrogens is 450 g/mol. The first kappa shape index (κ1) is 26.6. The maximum atomic E-state index is 13.2. The molecule has 0 aromatic heterocycles. The Kier molecular flexibility index (Phi) is 8.55. The maximum absolute atomic E-state index is 13.2. The number of phenols is 1. The van der Waals surface area contributed by atoms with Crippen molar-refractivity contribution in [1.29, 1.82) is 0 Å². The van der Waals surface area contributed by atoms with Gasteiger partial charge in [0.1, 0.15) is 11.3 Å². The molecule has 36 heavy (non-hydrogen) atoms. The number of nitrogens with zero attached hydrogens (tertiary/aromatic N) is 1. The van der Waals surface area contributed by atoms with E-state index in [0.29, 0.717) is 5.69 Å². The van der Waals surface area contributed by atoms with E-state index >= 15 is 0 Å². The lowest BCUT2D eigenvalue weighted by molar-refractivity contribution is -0.125. The Balaban J connectivity index is 1.80. The van der Waals surface area contributed by atoms with Crippen molar-refractivity contribution in [2.24, 2.45) is 5.41 Å². The molecule has 0 radical (unpaired) electrons. The lowest BCUT2D eigenvalue weighted by Crippen LogP contribution is -2.39. The SMILES string of the molecule is CCCCc1ccc(C#Cc2ccc(CN(C(=O)C(C)(C)C)c3ccc(O)c(C(=O)O)c3)cc2)cc1. The second kappa shape index (κ2) is 11.6. The van der Waals surface area contributed by atoms with Crippen LogP contribution in [0.5, 0.6) is 5.75 Å². The largest absolute Gasteiger partial charge is 0.507 e. The van der Waals surface area contributed by atoms with Gasteiger partial charge in [-0.05, 0) is 66.4 Å². The molecule has 0 atom stereocenters. The fourth-order valence-corrected chi connectivity index (χ4v) is 3.70. The van der Waals surface area contributed by atoms with Crippen LogP contribution in [0.1, 0.15) is 73.1 Å². The lowest BCUT2D eigenvalue weighted by atomic mass is 9.94. The number of benzene rings is 3. The molecule has 3 aromatic carbocycles. The first-order valence-electron chi connectivity index (χ1n) is 12.2. The monoisotopic (exact) mass is 483 g/mol. The Morgan fingerprint density at radius 2 is 1.42 bits per heavy atom. The first-order valence-corrected chi connectivity index (χ1v) is 12.2. The number of rotatable bonds is 7. The highest BCUT2D eigenvalue weighted by Gasteiger charge is 2.29. The van der Waals surface area contributed by atoms with Gasteiger partial charge in [-0.25, -0.2) is 4.79 Å². The molecule has 0 saturated heterocycles. The Morgan fingerprint density at radius 1 is 0.861 bits per heavy atom. The van der Waals surface area contributed by atoms with Crippen LogP contribution in [0.2, 0.25) is 0 Å². The number of unbranched alkanes of at least 4 members (excludes halogenated alkanes) is 1. The number of amides is 1. The number of carbonyl (C=O) groups is 2. The van der Waals surface area contributed by atoms with Gasteiger partial charge in [-0.15, -0.1) is 0 Å². The summed E-state index contributed by atoms with van der Waals surface area (Å²) in [6.07, 6.45) is 3.45. The van der Waals surface area contributed by atoms with Crippen molar-refractivity contribution in [2.75, 3.05) is 4.90 Å². The molecule has 0 heterocycles. The van der Waals surface area contributed by atoms with E-state index < -0.39 is 11.4 Å². The number of hydrogen-bond acceptors (Lipinski definition) is 3. The third-order valence-electron chi connectivity index (χ3n) is 5.83. The van der Waals surface area contributed by atoms with Crippen molar-refractivity contribution in [2.45, 2.75) is 53.5 Å². The third-order valence-corrected chi connectivity index (χ3v) is 5.83. The van der Waals surface area contributed by atoms with Crippen molar-refractivity contribution >= 4 is 17.6 Å². The van der Waals surface area contributed by atoms with Crippen LogP contribution in [0, 0.1) is 17.3 Å². The van der Waals surface area contributed by atoms with Gasteiger partial charge < -0.3 is 15.1 Å². The lowest BCUT2D eigenvalue weighted by Gasteiger charge is -2.30. The second-order valence-corrected chi connectivity index (χ2v) is 9.90. The molecule has 0 aliphatic heterocycles. The molecule has 0 saturated carbocycles. The van der Waals surface area contributed by atoms with Crippen molar-refractivity contribution < 1.29 is 19.8 Å². The van der Waals surface area contributed by atoms with Crippen LogP contribution in [-0.2, 0) is 17.8 Å². The molecule has 0 aliphatic rings. The minimum absolute atomic E-state index is 0.157. The summed E-state index contributed by atoms with van der Waals surface area (Å²) in [5, 5.41) is 19.3. The molecule has 3 aromatic rings. The topological polar surface area (TPSA) is 77.8 Å². The molecule has 2 N–H and O–H groups in total. The predicted molar refractivity (Wildman–Crippen MR) is 143 cm³/mol. The van der Waals surface area contributed by atoms with Gasteiger partial charge in [-0.2, -0.15) is 0 Å². The quantitative estimate of drug-likeness (QED) is 0.381. The number of carbonyl (C=O) groups excluding carboxylic acids is 1. The number of anilines is 1. The van der Waals surface area contributed by atoms with E-state index in [0.717, 1.165) is 23.1 Å².